The van der Waals surface area contributed by atoms with Crippen molar-refractivity contribution in [2.24, 2.45) is 0 Å². The van der Waals surface area contributed by atoms with Gasteiger partial charge < -0.3 is 0 Å². The number of hydrogen-bond donors (Lipinski definition) is 0. The summed E-state index contributed by atoms with van der Waals surface area (Å²) in [6.07, 6.45) is 1.72. The Morgan fingerprint density at radius 2 is 2.14 bits per heavy atom. The van der Waals surface area contributed by atoms with Crippen molar-refractivity contribution in [3.05, 3.63) is 32.4 Å². The van der Waals surface area contributed by atoms with Crippen molar-refractivity contribution < 1.29 is 0 Å². The third kappa shape index (κ3) is 2.53. The second kappa shape index (κ2) is 4.87. The van der Waals surface area contributed by atoms with Crippen LogP contribution in [0.15, 0.2) is 17.5 Å². The van der Waals surface area contributed by atoms with Crippen molar-refractivity contribution in [2.75, 3.05) is 5.88 Å². The predicted molar refractivity (Wildman–Crippen MR) is 61.5 cm³/mol. The number of halogens is 1. The van der Waals surface area contributed by atoms with Crippen LogP contribution in [0.3, 0.4) is 0 Å². The highest BCUT2D eigenvalue weighted by Gasteiger charge is 2.04. The van der Waals surface area contributed by atoms with Crippen LogP contribution in [0.1, 0.15) is 14.9 Å². The van der Waals surface area contributed by atoms with Gasteiger partial charge in [0.25, 0.3) is 0 Å². The van der Waals surface area contributed by atoms with Gasteiger partial charge in [0.15, 0.2) is 0 Å². The molecule has 14 heavy (non-hydrogen) atoms. The molecule has 2 heterocycles. The van der Waals surface area contributed by atoms with E-state index in [-0.39, 0.29) is 0 Å². The maximum atomic E-state index is 5.63. The van der Waals surface area contributed by atoms with Crippen LogP contribution in [0, 0.1) is 0 Å². The summed E-state index contributed by atoms with van der Waals surface area (Å²) in [5, 5.41) is 12.4. The molecular weight excluding hydrogens is 236 g/mol. The first-order valence-corrected chi connectivity index (χ1v) is 6.51. The van der Waals surface area contributed by atoms with E-state index in [9.17, 15) is 0 Å². The van der Waals surface area contributed by atoms with Crippen molar-refractivity contribution in [1.82, 2.24) is 10.2 Å². The standard InChI is InChI=1S/C9H9ClN2S2/c10-4-3-8-11-12-9(14-8)6-7-2-1-5-13-7/h1-2,5H,3-4,6H2. The summed E-state index contributed by atoms with van der Waals surface area (Å²) in [7, 11) is 0. The van der Waals surface area contributed by atoms with Crippen LogP contribution in [0.5, 0.6) is 0 Å². The molecule has 0 spiro atoms. The molecule has 74 valence electrons. The van der Waals surface area contributed by atoms with Crippen LogP contribution in [0.4, 0.5) is 0 Å². The first-order chi connectivity index (χ1) is 6.88. The Hall–Kier alpha value is -0.450. The number of hydrogen-bond acceptors (Lipinski definition) is 4. The first kappa shape index (κ1) is 10.1. The Morgan fingerprint density at radius 3 is 2.86 bits per heavy atom. The second-order valence-corrected chi connectivity index (χ2v) is 5.34. The molecule has 0 bridgehead atoms. The number of rotatable bonds is 4. The molecule has 0 aromatic carbocycles. The van der Waals surface area contributed by atoms with E-state index in [1.54, 1.807) is 22.7 Å². The molecule has 0 aliphatic rings. The summed E-state index contributed by atoms with van der Waals surface area (Å²) in [6.45, 7) is 0. The summed E-state index contributed by atoms with van der Waals surface area (Å²) >= 11 is 9.04. The SMILES string of the molecule is ClCCc1nnc(Cc2cccs2)s1. The summed E-state index contributed by atoms with van der Waals surface area (Å²) < 4.78 is 0. The Balaban J connectivity index is 2.03. The van der Waals surface area contributed by atoms with E-state index in [0.29, 0.717) is 5.88 Å². The van der Waals surface area contributed by atoms with E-state index in [0.717, 1.165) is 22.9 Å². The van der Waals surface area contributed by atoms with Crippen LogP contribution >= 0.6 is 34.3 Å². The van der Waals surface area contributed by atoms with E-state index in [4.69, 9.17) is 11.6 Å². The van der Waals surface area contributed by atoms with E-state index >= 15 is 0 Å². The molecule has 2 nitrogen and oxygen atoms in total. The van der Waals surface area contributed by atoms with Crippen LogP contribution in [-0.2, 0) is 12.8 Å². The Kier molecular flexibility index (Phi) is 3.50. The Bertz CT molecular complexity index is 383. The van der Waals surface area contributed by atoms with Crippen molar-refractivity contribution in [3.63, 3.8) is 0 Å². The smallest absolute Gasteiger partial charge is 0.122 e. The third-order valence-electron chi connectivity index (χ3n) is 1.72. The van der Waals surface area contributed by atoms with E-state index in [2.05, 4.69) is 27.7 Å². The minimum Gasteiger partial charge on any atom is -0.148 e. The van der Waals surface area contributed by atoms with Gasteiger partial charge in [-0.05, 0) is 11.4 Å². The fourth-order valence-corrected chi connectivity index (χ4v) is 3.06. The van der Waals surface area contributed by atoms with Gasteiger partial charge in [-0.3, -0.25) is 0 Å². The van der Waals surface area contributed by atoms with Crippen molar-refractivity contribution in [3.8, 4) is 0 Å². The van der Waals surface area contributed by atoms with Crippen LogP contribution < -0.4 is 0 Å². The lowest BCUT2D eigenvalue weighted by molar-refractivity contribution is 0.952. The topological polar surface area (TPSA) is 25.8 Å². The van der Waals surface area contributed by atoms with Crippen molar-refractivity contribution in [2.45, 2.75) is 12.8 Å². The van der Waals surface area contributed by atoms with Crippen molar-refractivity contribution >= 4 is 34.3 Å². The van der Waals surface area contributed by atoms with E-state index < -0.39 is 0 Å². The highest BCUT2D eigenvalue weighted by Crippen LogP contribution is 2.18. The Morgan fingerprint density at radius 1 is 1.29 bits per heavy atom. The van der Waals surface area contributed by atoms with Gasteiger partial charge in [-0.2, -0.15) is 0 Å². The molecular formula is C9H9ClN2S2. The Labute approximate surface area is 95.6 Å². The fourth-order valence-electron chi connectivity index (χ4n) is 1.10. The zero-order valence-electron chi connectivity index (χ0n) is 7.44. The number of aromatic nitrogens is 2. The highest BCUT2D eigenvalue weighted by atomic mass is 35.5. The van der Waals surface area contributed by atoms with Crippen molar-refractivity contribution in [1.29, 1.82) is 0 Å². The molecule has 2 rings (SSSR count). The van der Waals surface area contributed by atoms with Gasteiger partial charge in [-0.15, -0.1) is 44.5 Å². The average Bonchev–Trinajstić information content (AvgIpc) is 2.79. The summed E-state index contributed by atoms with van der Waals surface area (Å²) in [6, 6.07) is 4.17. The fraction of sp³-hybridized carbons (Fsp3) is 0.333. The maximum absolute atomic E-state index is 5.63. The number of aryl methyl sites for hydroxylation is 1. The molecule has 0 unspecified atom stereocenters. The van der Waals surface area contributed by atoms with Crippen LogP contribution in [0.2, 0.25) is 0 Å². The number of thiophene rings is 1. The lowest BCUT2D eigenvalue weighted by atomic mass is 10.4. The van der Waals surface area contributed by atoms with Crippen LogP contribution in [-0.4, -0.2) is 16.1 Å². The molecule has 0 N–H and O–H groups in total. The molecule has 0 fully saturated rings. The first-order valence-electron chi connectivity index (χ1n) is 4.28. The largest absolute Gasteiger partial charge is 0.148 e. The molecule has 0 amide bonds. The van der Waals surface area contributed by atoms with Gasteiger partial charge in [0.05, 0.1) is 0 Å². The second-order valence-electron chi connectivity index (χ2n) is 2.78. The molecule has 0 saturated carbocycles. The number of alkyl halides is 1. The minimum atomic E-state index is 0.619. The number of nitrogens with zero attached hydrogens (tertiary/aromatic N) is 2. The van der Waals surface area contributed by atoms with Gasteiger partial charge >= 0.3 is 0 Å². The average molecular weight is 245 g/mol. The third-order valence-corrected chi connectivity index (χ3v) is 3.77. The maximum Gasteiger partial charge on any atom is 0.122 e. The molecule has 0 atom stereocenters. The minimum absolute atomic E-state index is 0.619. The van der Waals surface area contributed by atoms with Gasteiger partial charge in [-0.25, -0.2) is 0 Å². The quantitative estimate of drug-likeness (QED) is 0.773. The van der Waals surface area contributed by atoms with Crippen LogP contribution in [0.25, 0.3) is 0 Å². The summed E-state index contributed by atoms with van der Waals surface area (Å²) in [5.74, 6) is 0.619. The molecule has 0 aliphatic carbocycles. The zero-order valence-corrected chi connectivity index (χ0v) is 9.83. The monoisotopic (exact) mass is 244 g/mol. The molecule has 2 aromatic heterocycles. The summed E-state index contributed by atoms with van der Waals surface area (Å²) in [4.78, 5) is 1.33. The molecule has 5 heteroatoms. The normalized spacial score (nSPS) is 10.6. The zero-order chi connectivity index (χ0) is 9.80. The molecule has 2 aromatic rings. The van der Waals surface area contributed by atoms with Gasteiger partial charge in [0.1, 0.15) is 10.0 Å². The van der Waals surface area contributed by atoms with E-state index in [1.165, 1.54) is 4.88 Å². The van der Waals surface area contributed by atoms with Gasteiger partial charge in [0.2, 0.25) is 0 Å². The summed E-state index contributed by atoms with van der Waals surface area (Å²) in [5.41, 5.74) is 0. The molecule has 0 saturated heterocycles. The lowest BCUT2D eigenvalue weighted by Gasteiger charge is -1.88. The highest BCUT2D eigenvalue weighted by molar-refractivity contribution is 7.12. The van der Waals surface area contributed by atoms with Gasteiger partial charge in [-0.1, -0.05) is 6.07 Å². The molecule has 0 aliphatic heterocycles. The van der Waals surface area contributed by atoms with Gasteiger partial charge in [0, 0.05) is 23.6 Å². The molecule has 0 radical (unpaired) electrons. The predicted octanol–water partition coefficient (Wildman–Crippen LogP) is 2.97. The van der Waals surface area contributed by atoms with E-state index in [1.807, 2.05) is 0 Å². The lowest BCUT2D eigenvalue weighted by Crippen LogP contribution is -1.83.